The van der Waals surface area contributed by atoms with E-state index in [0.717, 1.165) is 46.1 Å². The first kappa shape index (κ1) is 22.5. The number of ether oxygens (including phenoxy) is 1. The van der Waals surface area contributed by atoms with Crippen LogP contribution in [0.2, 0.25) is 0 Å². The molecule has 34 heavy (non-hydrogen) atoms. The number of carbonyl (C=O) groups is 1. The molecule has 9 heteroatoms. The molecule has 0 radical (unpaired) electrons. The second-order valence-corrected chi connectivity index (χ2v) is 9.89. The molecule has 1 amide bonds. The molecule has 1 aliphatic rings. The van der Waals surface area contributed by atoms with E-state index in [9.17, 15) is 9.59 Å². The lowest BCUT2D eigenvalue weighted by atomic mass is 9.97. The molecule has 2 aromatic heterocycles. The van der Waals surface area contributed by atoms with Crippen molar-refractivity contribution in [2.75, 3.05) is 7.11 Å². The van der Waals surface area contributed by atoms with E-state index in [-0.39, 0.29) is 11.5 Å². The minimum Gasteiger partial charge on any atom is -0.496 e. The maximum absolute atomic E-state index is 13.3. The summed E-state index contributed by atoms with van der Waals surface area (Å²) in [6.07, 6.45) is 7.28. The van der Waals surface area contributed by atoms with Crippen LogP contribution >= 0.6 is 27.3 Å². The third kappa shape index (κ3) is 4.28. The zero-order valence-corrected chi connectivity index (χ0v) is 20.8. The Hall–Kier alpha value is -3.30. The molecule has 0 saturated heterocycles. The number of carbonyl (C=O) groups excluding carboxylic acids is 1. The van der Waals surface area contributed by atoms with Gasteiger partial charge in [-0.05, 0) is 89.1 Å². The molecule has 0 aliphatic heterocycles. The summed E-state index contributed by atoms with van der Waals surface area (Å²) in [7, 11) is 1.60. The van der Waals surface area contributed by atoms with Gasteiger partial charge in [0.2, 0.25) is 0 Å². The Morgan fingerprint density at radius 3 is 2.91 bits per heavy atom. The molecule has 2 aromatic carbocycles. The van der Waals surface area contributed by atoms with Gasteiger partial charge in [-0.1, -0.05) is 6.07 Å². The van der Waals surface area contributed by atoms with E-state index in [1.807, 2.05) is 18.2 Å². The zero-order valence-electron chi connectivity index (χ0n) is 18.4. The van der Waals surface area contributed by atoms with E-state index >= 15 is 0 Å². The van der Waals surface area contributed by atoms with Crippen LogP contribution in [0.1, 0.15) is 39.2 Å². The van der Waals surface area contributed by atoms with Gasteiger partial charge in [0.1, 0.15) is 16.9 Å². The molecule has 0 atom stereocenters. The second kappa shape index (κ2) is 9.52. The second-order valence-electron chi connectivity index (χ2n) is 7.95. The molecule has 172 valence electrons. The van der Waals surface area contributed by atoms with Gasteiger partial charge in [0, 0.05) is 10.4 Å². The van der Waals surface area contributed by atoms with Crippen molar-refractivity contribution in [2.45, 2.75) is 25.7 Å². The number of fused-ring (bicyclic) bond motifs is 3. The average molecular weight is 537 g/mol. The summed E-state index contributed by atoms with van der Waals surface area (Å²) < 4.78 is 7.52. The van der Waals surface area contributed by atoms with Crippen LogP contribution in [0.3, 0.4) is 0 Å². The maximum atomic E-state index is 13.3. The molecule has 4 aromatic rings. The maximum Gasteiger partial charge on any atom is 0.271 e. The van der Waals surface area contributed by atoms with Crippen molar-refractivity contribution in [2.24, 2.45) is 5.10 Å². The first-order valence-electron chi connectivity index (χ1n) is 10.8. The van der Waals surface area contributed by atoms with Crippen LogP contribution in [0.5, 0.6) is 5.75 Å². The number of rotatable bonds is 5. The third-order valence-corrected chi connectivity index (χ3v) is 7.64. The monoisotopic (exact) mass is 536 g/mol. The number of nitrogens with zero attached hydrogens (tertiary/aromatic N) is 3. The minimum atomic E-state index is -0.374. The number of hydrogen-bond acceptors (Lipinski definition) is 6. The number of thiophene rings is 1. The van der Waals surface area contributed by atoms with E-state index in [4.69, 9.17) is 4.74 Å². The molecule has 0 bridgehead atoms. The predicted molar refractivity (Wildman–Crippen MR) is 138 cm³/mol. The van der Waals surface area contributed by atoms with Gasteiger partial charge in [0.15, 0.2) is 0 Å². The van der Waals surface area contributed by atoms with Gasteiger partial charge in [0.05, 0.1) is 28.9 Å². The lowest BCUT2D eigenvalue weighted by Crippen LogP contribution is -2.21. The van der Waals surface area contributed by atoms with Gasteiger partial charge in [0.25, 0.3) is 11.5 Å². The topological polar surface area (TPSA) is 85.6 Å². The Morgan fingerprint density at radius 2 is 2.09 bits per heavy atom. The van der Waals surface area contributed by atoms with Gasteiger partial charge < -0.3 is 4.74 Å². The van der Waals surface area contributed by atoms with Crippen LogP contribution in [0.25, 0.3) is 15.9 Å². The first-order valence-corrected chi connectivity index (χ1v) is 12.5. The smallest absolute Gasteiger partial charge is 0.271 e. The van der Waals surface area contributed by atoms with E-state index in [1.165, 1.54) is 9.44 Å². The summed E-state index contributed by atoms with van der Waals surface area (Å²) in [4.78, 5) is 32.6. The van der Waals surface area contributed by atoms with Crippen LogP contribution in [0.4, 0.5) is 0 Å². The number of hydrogen-bond donors (Lipinski definition) is 1. The Balaban J connectivity index is 1.39. The Morgan fingerprint density at radius 1 is 1.24 bits per heavy atom. The van der Waals surface area contributed by atoms with Crippen molar-refractivity contribution in [1.82, 2.24) is 15.0 Å². The summed E-state index contributed by atoms with van der Waals surface area (Å²) in [6, 6.07) is 12.4. The molecule has 0 spiro atoms. The molecule has 1 aliphatic carbocycles. The van der Waals surface area contributed by atoms with E-state index < -0.39 is 0 Å². The van der Waals surface area contributed by atoms with Crippen LogP contribution < -0.4 is 15.7 Å². The van der Waals surface area contributed by atoms with Crippen molar-refractivity contribution < 1.29 is 9.53 Å². The number of halogens is 1. The summed E-state index contributed by atoms with van der Waals surface area (Å²) >= 11 is 5.05. The largest absolute Gasteiger partial charge is 0.496 e. The summed E-state index contributed by atoms with van der Waals surface area (Å²) in [5.74, 6) is 0.338. The van der Waals surface area contributed by atoms with Gasteiger partial charge in [-0.2, -0.15) is 5.10 Å². The van der Waals surface area contributed by atoms with Gasteiger partial charge in [-0.3, -0.25) is 14.2 Å². The van der Waals surface area contributed by atoms with Crippen LogP contribution in [0, 0.1) is 0 Å². The molecule has 7 nitrogen and oxygen atoms in total. The molecule has 1 N–H and O–H groups in total. The average Bonchev–Trinajstić information content (AvgIpc) is 3.24. The Bertz CT molecular complexity index is 1490. The third-order valence-electron chi connectivity index (χ3n) is 5.82. The van der Waals surface area contributed by atoms with Crippen molar-refractivity contribution in [1.29, 1.82) is 0 Å². The predicted octanol–water partition coefficient (Wildman–Crippen LogP) is 4.86. The first-order chi connectivity index (χ1) is 16.5. The summed E-state index contributed by atoms with van der Waals surface area (Å²) in [6.45, 7) is 0. The number of amides is 1. The van der Waals surface area contributed by atoms with Crippen molar-refractivity contribution in [3.05, 3.63) is 85.2 Å². The van der Waals surface area contributed by atoms with Crippen LogP contribution in [-0.2, 0) is 12.8 Å². The highest BCUT2D eigenvalue weighted by Crippen LogP contribution is 2.33. The van der Waals surface area contributed by atoms with Crippen LogP contribution in [0.15, 0.2) is 63.2 Å². The van der Waals surface area contributed by atoms with E-state index in [2.05, 4.69) is 31.4 Å². The summed E-state index contributed by atoms with van der Waals surface area (Å²) in [5.41, 5.74) is 5.37. The highest BCUT2D eigenvalue weighted by atomic mass is 79.9. The fourth-order valence-electron chi connectivity index (χ4n) is 4.12. The Kier molecular flexibility index (Phi) is 6.30. The number of nitrogens with one attached hydrogen (secondary N) is 1. The van der Waals surface area contributed by atoms with Crippen LogP contribution in [-0.4, -0.2) is 28.8 Å². The quantitative estimate of drug-likeness (QED) is 0.291. The standard InChI is InChI=1S/C25H21BrN4O3S/c1-33-20-10-9-15(11-19(20)26)13-28-29-23(31)16-5-4-6-17(12-16)30-14-27-24-22(25(30)32)18-7-2-3-8-21(18)34-24/h4-6,9-14H,2-3,7-8H2,1H3,(H,29,31)/b28-13+. The molecule has 0 unspecified atom stereocenters. The Labute approximate surface area is 208 Å². The fraction of sp³-hybridized carbons (Fsp3) is 0.200. The highest BCUT2D eigenvalue weighted by Gasteiger charge is 2.20. The van der Waals surface area contributed by atoms with Crippen molar-refractivity contribution in [3.63, 3.8) is 0 Å². The zero-order chi connectivity index (χ0) is 23.7. The van der Waals surface area contributed by atoms with Crippen molar-refractivity contribution in [3.8, 4) is 11.4 Å². The van der Waals surface area contributed by atoms with Gasteiger partial charge in [-0.25, -0.2) is 10.4 Å². The van der Waals surface area contributed by atoms with Gasteiger partial charge in [-0.15, -0.1) is 11.3 Å². The lowest BCUT2D eigenvalue weighted by molar-refractivity contribution is 0.0955. The van der Waals surface area contributed by atoms with Gasteiger partial charge >= 0.3 is 0 Å². The number of aromatic nitrogens is 2. The molecule has 0 saturated carbocycles. The summed E-state index contributed by atoms with van der Waals surface area (Å²) in [5, 5.41) is 4.77. The highest BCUT2D eigenvalue weighted by molar-refractivity contribution is 9.10. The fourth-order valence-corrected chi connectivity index (χ4v) is 5.90. The minimum absolute atomic E-state index is 0.0925. The molecule has 5 rings (SSSR count). The van der Waals surface area contributed by atoms with Crippen molar-refractivity contribution >= 4 is 49.6 Å². The normalized spacial score (nSPS) is 13.2. The SMILES string of the molecule is COc1ccc(/C=N/NC(=O)c2cccc(-n3cnc4sc5c(c4c3=O)CCCC5)c2)cc1Br. The molecular formula is C25H21BrN4O3S. The van der Waals surface area contributed by atoms with E-state index in [0.29, 0.717) is 22.4 Å². The molecule has 2 heterocycles. The number of hydrazone groups is 1. The lowest BCUT2D eigenvalue weighted by Gasteiger charge is -2.11. The number of aryl methyl sites for hydroxylation is 2. The molecule has 0 fully saturated rings. The van der Waals surface area contributed by atoms with E-state index in [1.54, 1.807) is 55.3 Å². The number of benzene rings is 2. The number of methoxy groups -OCH3 is 1. The molecular weight excluding hydrogens is 516 g/mol.